The number of likely N-dealkylation sites (N-methyl/N-ethyl adjacent to an activating group) is 1. The minimum Gasteiger partial charge on any atom is -0.354 e. The Hall–Kier alpha value is -2.75. The van der Waals surface area contributed by atoms with Crippen LogP contribution in [0, 0.1) is 46.3 Å². The van der Waals surface area contributed by atoms with Gasteiger partial charge in [-0.15, -0.1) is 0 Å². The number of amides is 2. The van der Waals surface area contributed by atoms with E-state index >= 15 is 0 Å². The third-order valence-electron chi connectivity index (χ3n) is 12.9. The molecule has 248 valence electrons. The van der Waals surface area contributed by atoms with E-state index in [2.05, 4.69) is 36.4 Å². The van der Waals surface area contributed by atoms with Gasteiger partial charge in [-0.2, -0.15) is 0 Å². The second kappa shape index (κ2) is 13.5. The molecule has 5 rings (SSSR count). The van der Waals surface area contributed by atoms with Crippen LogP contribution in [0.2, 0.25) is 0 Å². The Labute approximate surface area is 267 Å². The topological polar surface area (TPSA) is 142 Å². The number of hydrogen-bond donors (Lipinski definition) is 2. The van der Waals surface area contributed by atoms with Gasteiger partial charge in [0.1, 0.15) is 23.6 Å². The lowest BCUT2D eigenvalue weighted by molar-refractivity contribution is -0.166. The summed E-state index contributed by atoms with van der Waals surface area (Å²) in [6, 6.07) is -0.732. The van der Waals surface area contributed by atoms with Gasteiger partial charge in [-0.05, 0) is 87.1 Å². The minimum atomic E-state index is -0.571. The predicted molar refractivity (Wildman–Crippen MR) is 169 cm³/mol. The molecule has 1 heterocycles. The van der Waals surface area contributed by atoms with Crippen molar-refractivity contribution in [1.29, 1.82) is 0 Å². The zero-order valence-corrected chi connectivity index (χ0v) is 27.5. The smallest absolute Gasteiger partial charge is 0.237 e. The van der Waals surface area contributed by atoms with E-state index in [1.807, 2.05) is 11.9 Å². The van der Waals surface area contributed by atoms with Gasteiger partial charge in [0.2, 0.25) is 11.8 Å². The van der Waals surface area contributed by atoms with E-state index in [0.29, 0.717) is 44.8 Å². The molecule has 2 N–H and O–H groups in total. The molecule has 45 heavy (non-hydrogen) atoms. The average molecular weight is 625 g/mol. The van der Waals surface area contributed by atoms with Gasteiger partial charge in [0, 0.05) is 56.2 Å². The molecule has 0 radical (unpaired) electrons. The first-order chi connectivity index (χ1) is 21.4. The summed E-state index contributed by atoms with van der Waals surface area (Å²) in [5.41, 5.74) is -0.703. The molecule has 2 amide bonds. The molecule has 0 spiro atoms. The largest absolute Gasteiger partial charge is 0.354 e. The van der Waals surface area contributed by atoms with Gasteiger partial charge in [-0.25, -0.2) is 0 Å². The Morgan fingerprint density at radius 2 is 1.87 bits per heavy atom. The van der Waals surface area contributed by atoms with Gasteiger partial charge in [-0.3, -0.25) is 33.9 Å². The van der Waals surface area contributed by atoms with Gasteiger partial charge in [0.25, 0.3) is 0 Å². The summed E-state index contributed by atoms with van der Waals surface area (Å²) in [6.45, 7) is 7.48. The first-order valence-electron chi connectivity index (χ1n) is 17.2. The number of hydrogen-bond acceptors (Lipinski definition) is 8. The number of Topliss-reactive ketones (excluding diaryl/α,β-unsaturated/α-hetero) is 3. The third-order valence-corrected chi connectivity index (χ3v) is 12.9. The van der Waals surface area contributed by atoms with Crippen LogP contribution >= 0.6 is 0 Å². The van der Waals surface area contributed by atoms with E-state index in [1.54, 1.807) is 0 Å². The molecule has 10 heteroatoms. The number of carbonyl (C=O) groups excluding carboxylic acids is 6. The van der Waals surface area contributed by atoms with Crippen LogP contribution in [0.1, 0.15) is 91.4 Å². The molecule has 10 nitrogen and oxygen atoms in total. The maximum Gasteiger partial charge on any atom is 0.237 e. The fourth-order valence-electron chi connectivity index (χ4n) is 10.2. The molecule has 1 saturated heterocycles. The Morgan fingerprint density at radius 1 is 1.09 bits per heavy atom. The standard InChI is InChI=1S/C35H52N4O6/c1-21(7-10-31(44)37-20-23(19-36-13-15-40)38-33(45)28-6-5-14-39(28)4)25-8-9-26-32-27(18-30(43)35(25,26)3)34(2)12-11-24(41)16-22(34)17-29(32)42/h15,19,21-23,25-28,32H,5-14,16-18,20H2,1-4H3,(H,37,44)(H,38,45)/b36-19+/t21-,22?,23-,25-,26?,27?,28?,32?,34+,35-/m1/s1. The van der Waals surface area contributed by atoms with Crippen molar-refractivity contribution >= 4 is 41.7 Å². The highest BCUT2D eigenvalue weighted by atomic mass is 16.2. The molecule has 10 atom stereocenters. The number of aldehydes is 1. The van der Waals surface area contributed by atoms with Crippen LogP contribution in [-0.4, -0.2) is 85.3 Å². The number of nitrogens with one attached hydrogen (secondary N) is 2. The summed E-state index contributed by atoms with van der Waals surface area (Å²) in [7, 11) is 1.92. The lowest BCUT2D eigenvalue weighted by atomic mass is 9.44. The van der Waals surface area contributed by atoms with Gasteiger partial charge in [0.15, 0.2) is 0 Å². The van der Waals surface area contributed by atoms with Gasteiger partial charge in [-0.1, -0.05) is 20.8 Å². The van der Waals surface area contributed by atoms with Crippen LogP contribution in [0.5, 0.6) is 0 Å². The summed E-state index contributed by atoms with van der Waals surface area (Å²) < 4.78 is 0. The summed E-state index contributed by atoms with van der Waals surface area (Å²) >= 11 is 0. The highest BCUT2D eigenvalue weighted by Gasteiger charge is 2.66. The number of rotatable bonds is 11. The van der Waals surface area contributed by atoms with E-state index < -0.39 is 11.5 Å². The van der Waals surface area contributed by atoms with Gasteiger partial charge < -0.3 is 15.4 Å². The molecule has 1 aliphatic heterocycles. The van der Waals surface area contributed by atoms with Crippen molar-refractivity contribution in [1.82, 2.24) is 15.5 Å². The highest BCUT2D eigenvalue weighted by molar-refractivity contribution is 5.93. The maximum absolute atomic E-state index is 14.1. The predicted octanol–water partition coefficient (Wildman–Crippen LogP) is 2.95. The average Bonchev–Trinajstić information content (AvgIpc) is 3.59. The van der Waals surface area contributed by atoms with Crippen molar-refractivity contribution in [2.75, 3.05) is 26.7 Å². The van der Waals surface area contributed by atoms with E-state index in [1.165, 1.54) is 6.21 Å². The molecular formula is C35H52N4O6. The van der Waals surface area contributed by atoms with Gasteiger partial charge in [0.05, 0.1) is 18.6 Å². The van der Waals surface area contributed by atoms with Gasteiger partial charge >= 0.3 is 0 Å². The van der Waals surface area contributed by atoms with Crippen LogP contribution in [0.15, 0.2) is 4.99 Å². The molecule has 0 aromatic rings. The summed E-state index contributed by atoms with van der Waals surface area (Å²) in [6.07, 6.45) is 9.28. The number of nitrogens with zero attached hydrogens (tertiary/aromatic N) is 2. The number of ketones is 3. The Balaban J connectivity index is 1.18. The van der Waals surface area contributed by atoms with E-state index in [-0.39, 0.29) is 89.2 Å². The molecule has 0 bridgehead atoms. The van der Waals surface area contributed by atoms with Crippen LogP contribution < -0.4 is 10.6 Å². The molecule has 0 aromatic carbocycles. The van der Waals surface area contributed by atoms with E-state index in [0.717, 1.165) is 38.6 Å². The first-order valence-corrected chi connectivity index (χ1v) is 17.2. The number of carbonyl (C=O) groups is 6. The van der Waals surface area contributed by atoms with Crippen molar-refractivity contribution in [2.45, 2.75) is 103 Å². The Bertz CT molecular complexity index is 1230. The van der Waals surface area contributed by atoms with E-state index in [9.17, 15) is 28.8 Å². The maximum atomic E-state index is 14.1. The summed E-state index contributed by atoms with van der Waals surface area (Å²) in [4.78, 5) is 82.6. The van der Waals surface area contributed by atoms with Crippen molar-refractivity contribution in [2.24, 2.45) is 51.3 Å². The number of likely N-dealkylation sites (tertiary alicyclic amines) is 1. The van der Waals surface area contributed by atoms with Crippen molar-refractivity contribution < 1.29 is 28.8 Å². The Morgan fingerprint density at radius 3 is 2.58 bits per heavy atom. The SMILES string of the molecule is C[C@H](CCC(=O)NC[C@@H](/C=N/CC=O)NC(=O)C1CCCN1C)[C@H]1CCC2C3C(=O)CC4CC(=O)CC[C@]4(C)C3CC(=O)[C@@]21C. The summed E-state index contributed by atoms with van der Waals surface area (Å²) in [5.74, 6) is 0.773. The lowest BCUT2D eigenvalue weighted by Crippen LogP contribution is -2.60. The summed E-state index contributed by atoms with van der Waals surface area (Å²) in [5, 5.41) is 5.89. The first kappa shape index (κ1) is 33.6. The van der Waals surface area contributed by atoms with Crippen molar-refractivity contribution in [3.05, 3.63) is 0 Å². The fraction of sp³-hybridized carbons (Fsp3) is 0.800. The van der Waals surface area contributed by atoms with Crippen LogP contribution in [0.3, 0.4) is 0 Å². The molecule has 5 aliphatic rings. The van der Waals surface area contributed by atoms with E-state index in [4.69, 9.17) is 0 Å². The molecule has 5 unspecified atom stereocenters. The molecule has 4 aliphatic carbocycles. The lowest BCUT2D eigenvalue weighted by Gasteiger charge is -2.58. The monoisotopic (exact) mass is 624 g/mol. The quantitative estimate of drug-likeness (QED) is 0.266. The molecule has 0 aromatic heterocycles. The number of aliphatic imine (C=N–C) groups is 1. The molecular weight excluding hydrogens is 572 g/mol. The van der Waals surface area contributed by atoms with Crippen molar-refractivity contribution in [3.63, 3.8) is 0 Å². The molecule has 5 fully saturated rings. The zero-order valence-electron chi connectivity index (χ0n) is 27.5. The second-order valence-corrected chi connectivity index (χ2v) is 15.2. The fourth-order valence-corrected chi connectivity index (χ4v) is 10.2. The highest BCUT2D eigenvalue weighted by Crippen LogP contribution is 2.66. The van der Waals surface area contributed by atoms with Crippen LogP contribution in [0.25, 0.3) is 0 Å². The zero-order chi connectivity index (χ0) is 32.5. The normalized spacial score (nSPS) is 37.9. The van der Waals surface area contributed by atoms with Crippen molar-refractivity contribution in [3.8, 4) is 0 Å². The minimum absolute atomic E-state index is 0.00622. The van der Waals surface area contributed by atoms with Crippen LogP contribution in [-0.2, 0) is 28.8 Å². The number of fused-ring (bicyclic) bond motifs is 5. The molecule has 4 saturated carbocycles. The Kier molecular flexibility index (Phi) is 10.1. The third kappa shape index (κ3) is 6.45. The van der Waals surface area contributed by atoms with Crippen LogP contribution in [0.4, 0.5) is 0 Å². The second-order valence-electron chi connectivity index (χ2n) is 15.2.